The summed E-state index contributed by atoms with van der Waals surface area (Å²) < 4.78 is 0.893. The lowest BCUT2D eigenvalue weighted by atomic mass is 10.0. The largest absolute Gasteiger partial charge is 0.329 e. The number of benzene rings is 1. The van der Waals surface area contributed by atoms with Crippen LogP contribution in [0.3, 0.4) is 0 Å². The Hall–Kier alpha value is -2.09. The number of carbonyl (C=O) groups excluding carboxylic acids is 1. The predicted molar refractivity (Wildman–Crippen MR) is 97.7 cm³/mol. The standard InChI is InChI=1S/C16H17ClN4O3.ClH/c1-20-14(22)12(8-19-16(20)24)15(23)21-6-5-18-9-13(21)10-3-2-4-11(17)7-10;/h2-4,7-8,13,18H,5-6,9H2,1H3,(H,19,24);1H. The second-order valence-corrected chi connectivity index (χ2v) is 6.08. The SMILES string of the molecule is Cl.Cn1c(=O)[nH]cc(C(=O)N2CCNCC2c2cccc(Cl)c2)c1=O. The van der Waals surface area contributed by atoms with Gasteiger partial charge in [-0.05, 0) is 17.7 Å². The van der Waals surface area contributed by atoms with E-state index in [2.05, 4.69) is 10.3 Å². The van der Waals surface area contributed by atoms with Crippen molar-refractivity contribution >= 4 is 29.9 Å². The number of halogens is 2. The highest BCUT2D eigenvalue weighted by Gasteiger charge is 2.30. The minimum Gasteiger partial charge on any atom is -0.329 e. The molecule has 1 aromatic heterocycles. The number of aromatic nitrogens is 2. The van der Waals surface area contributed by atoms with Gasteiger partial charge < -0.3 is 15.2 Å². The Balaban J connectivity index is 0.00000225. The summed E-state index contributed by atoms with van der Waals surface area (Å²) in [7, 11) is 1.34. The first-order valence-electron chi connectivity index (χ1n) is 7.55. The van der Waals surface area contributed by atoms with Crippen LogP contribution in [0.25, 0.3) is 0 Å². The summed E-state index contributed by atoms with van der Waals surface area (Å²) >= 11 is 6.05. The zero-order chi connectivity index (χ0) is 17.3. The Bertz CT molecular complexity index is 893. The van der Waals surface area contributed by atoms with Crippen molar-refractivity contribution in [2.24, 2.45) is 7.05 Å². The van der Waals surface area contributed by atoms with E-state index in [-0.39, 0.29) is 24.0 Å². The van der Waals surface area contributed by atoms with Crippen LogP contribution >= 0.6 is 24.0 Å². The van der Waals surface area contributed by atoms with Crippen LogP contribution in [-0.2, 0) is 7.05 Å². The molecule has 1 saturated heterocycles. The fourth-order valence-corrected chi connectivity index (χ4v) is 3.03. The first-order chi connectivity index (χ1) is 11.5. The number of aromatic amines is 1. The van der Waals surface area contributed by atoms with Crippen molar-refractivity contribution in [3.8, 4) is 0 Å². The molecule has 7 nitrogen and oxygen atoms in total. The molecule has 1 unspecified atom stereocenters. The fourth-order valence-electron chi connectivity index (χ4n) is 2.83. The Labute approximate surface area is 155 Å². The zero-order valence-corrected chi connectivity index (χ0v) is 15.1. The van der Waals surface area contributed by atoms with Gasteiger partial charge in [0.1, 0.15) is 5.56 Å². The summed E-state index contributed by atoms with van der Waals surface area (Å²) in [5, 5.41) is 3.83. The second kappa shape index (κ2) is 7.86. The summed E-state index contributed by atoms with van der Waals surface area (Å²) in [5.74, 6) is -0.404. The van der Waals surface area contributed by atoms with Gasteiger partial charge in [0.05, 0.1) is 6.04 Å². The number of nitrogens with zero attached hydrogens (tertiary/aromatic N) is 2. The molecule has 1 aliphatic heterocycles. The van der Waals surface area contributed by atoms with Crippen molar-refractivity contribution in [2.75, 3.05) is 19.6 Å². The van der Waals surface area contributed by atoms with E-state index in [4.69, 9.17) is 11.6 Å². The van der Waals surface area contributed by atoms with E-state index >= 15 is 0 Å². The Kier molecular flexibility index (Phi) is 6.05. The van der Waals surface area contributed by atoms with Crippen LogP contribution in [0.1, 0.15) is 22.0 Å². The third-order valence-electron chi connectivity index (χ3n) is 4.15. The molecule has 1 atom stereocenters. The molecule has 0 aliphatic carbocycles. The number of nitrogens with one attached hydrogen (secondary N) is 2. The summed E-state index contributed by atoms with van der Waals surface area (Å²) in [6.07, 6.45) is 1.18. The molecule has 2 heterocycles. The van der Waals surface area contributed by atoms with Gasteiger partial charge in [-0.15, -0.1) is 12.4 Å². The van der Waals surface area contributed by atoms with Crippen LogP contribution in [0.4, 0.5) is 0 Å². The number of piperazine rings is 1. The normalized spacial score (nSPS) is 17.0. The molecule has 0 spiro atoms. The first-order valence-corrected chi connectivity index (χ1v) is 7.92. The monoisotopic (exact) mass is 384 g/mol. The van der Waals surface area contributed by atoms with Gasteiger partial charge in [-0.25, -0.2) is 4.79 Å². The number of H-pyrrole nitrogens is 1. The lowest BCUT2D eigenvalue weighted by molar-refractivity contribution is 0.0631. The summed E-state index contributed by atoms with van der Waals surface area (Å²) in [6, 6.07) is 7.07. The molecule has 0 saturated carbocycles. The smallest absolute Gasteiger partial charge is 0.328 e. The van der Waals surface area contributed by atoms with Gasteiger partial charge in [0.25, 0.3) is 11.5 Å². The maximum atomic E-state index is 12.9. The van der Waals surface area contributed by atoms with Gasteiger partial charge in [-0.2, -0.15) is 0 Å². The van der Waals surface area contributed by atoms with E-state index in [1.165, 1.54) is 13.2 Å². The molecule has 1 aliphatic rings. The first kappa shape index (κ1) is 19.2. The molecule has 0 bridgehead atoms. The topological polar surface area (TPSA) is 87.2 Å². The average molecular weight is 385 g/mol. The quantitative estimate of drug-likeness (QED) is 0.806. The van der Waals surface area contributed by atoms with Crippen LogP contribution in [0, 0.1) is 0 Å². The fraction of sp³-hybridized carbons (Fsp3) is 0.312. The third kappa shape index (κ3) is 3.78. The van der Waals surface area contributed by atoms with E-state index in [1.54, 1.807) is 11.0 Å². The van der Waals surface area contributed by atoms with E-state index in [1.807, 2.05) is 18.2 Å². The van der Waals surface area contributed by atoms with Gasteiger partial charge in [0, 0.05) is 37.9 Å². The lowest BCUT2D eigenvalue weighted by Gasteiger charge is -2.36. The van der Waals surface area contributed by atoms with Crippen LogP contribution in [0.5, 0.6) is 0 Å². The van der Waals surface area contributed by atoms with Crippen molar-refractivity contribution < 1.29 is 4.79 Å². The predicted octanol–water partition coefficient (Wildman–Crippen LogP) is 0.935. The third-order valence-corrected chi connectivity index (χ3v) is 4.38. The van der Waals surface area contributed by atoms with Crippen molar-refractivity contribution in [1.29, 1.82) is 0 Å². The van der Waals surface area contributed by atoms with E-state index in [9.17, 15) is 14.4 Å². The molecule has 2 N–H and O–H groups in total. The minimum absolute atomic E-state index is 0. The molecule has 2 aromatic rings. The Morgan fingerprint density at radius 3 is 2.80 bits per heavy atom. The molecule has 0 radical (unpaired) electrons. The number of carbonyl (C=O) groups is 1. The van der Waals surface area contributed by atoms with Crippen LogP contribution < -0.4 is 16.6 Å². The van der Waals surface area contributed by atoms with E-state index in [0.717, 1.165) is 10.1 Å². The molecule has 3 rings (SSSR count). The van der Waals surface area contributed by atoms with Gasteiger partial charge in [-0.1, -0.05) is 23.7 Å². The molecule has 9 heteroatoms. The molecule has 1 amide bonds. The lowest BCUT2D eigenvalue weighted by Crippen LogP contribution is -2.50. The van der Waals surface area contributed by atoms with Gasteiger partial charge in [0.2, 0.25) is 0 Å². The van der Waals surface area contributed by atoms with Crippen LogP contribution in [-0.4, -0.2) is 40.0 Å². The van der Waals surface area contributed by atoms with E-state index in [0.29, 0.717) is 24.7 Å². The summed E-state index contributed by atoms with van der Waals surface area (Å²) in [6.45, 7) is 1.65. The van der Waals surface area contributed by atoms with Gasteiger partial charge in [0.15, 0.2) is 0 Å². The van der Waals surface area contributed by atoms with Gasteiger partial charge >= 0.3 is 5.69 Å². The Morgan fingerprint density at radius 2 is 2.08 bits per heavy atom. The second-order valence-electron chi connectivity index (χ2n) is 5.65. The number of hydrogen-bond donors (Lipinski definition) is 2. The highest BCUT2D eigenvalue weighted by Crippen LogP contribution is 2.25. The Morgan fingerprint density at radius 1 is 1.32 bits per heavy atom. The van der Waals surface area contributed by atoms with Crippen LogP contribution in [0.2, 0.25) is 5.02 Å². The molecular weight excluding hydrogens is 367 g/mol. The minimum atomic E-state index is -0.605. The molecule has 134 valence electrons. The highest BCUT2D eigenvalue weighted by molar-refractivity contribution is 6.30. The molecule has 1 aromatic carbocycles. The average Bonchev–Trinajstić information content (AvgIpc) is 2.59. The zero-order valence-electron chi connectivity index (χ0n) is 13.5. The summed E-state index contributed by atoms with van der Waals surface area (Å²) in [5.41, 5.74) is -0.314. The molecule has 1 fully saturated rings. The molecular formula is C16H18Cl2N4O3. The van der Waals surface area contributed by atoms with Crippen molar-refractivity contribution in [3.63, 3.8) is 0 Å². The molecule has 25 heavy (non-hydrogen) atoms. The van der Waals surface area contributed by atoms with Crippen molar-refractivity contribution in [1.82, 2.24) is 19.8 Å². The maximum Gasteiger partial charge on any atom is 0.328 e. The maximum absolute atomic E-state index is 12.9. The number of rotatable bonds is 2. The van der Waals surface area contributed by atoms with Crippen molar-refractivity contribution in [3.05, 3.63) is 67.4 Å². The van der Waals surface area contributed by atoms with E-state index < -0.39 is 17.2 Å². The van der Waals surface area contributed by atoms with Crippen molar-refractivity contribution in [2.45, 2.75) is 6.04 Å². The highest BCUT2D eigenvalue weighted by atomic mass is 35.5. The number of hydrogen-bond acceptors (Lipinski definition) is 4. The van der Waals surface area contributed by atoms with Crippen LogP contribution in [0.15, 0.2) is 40.1 Å². The number of amides is 1. The summed E-state index contributed by atoms with van der Waals surface area (Å²) in [4.78, 5) is 40.6. The van der Waals surface area contributed by atoms with Gasteiger partial charge in [-0.3, -0.25) is 14.2 Å².